The summed E-state index contributed by atoms with van der Waals surface area (Å²) in [5.41, 5.74) is 7.67. The number of anilines is 1. The molecular weight excluding hydrogens is 306 g/mol. The number of hydrogen-bond acceptors (Lipinski definition) is 5. The summed E-state index contributed by atoms with van der Waals surface area (Å²) in [5.74, 6) is -0.0768. The summed E-state index contributed by atoms with van der Waals surface area (Å²) in [7, 11) is 0. The number of nitrogens with zero attached hydrogens (tertiary/aromatic N) is 1. The van der Waals surface area contributed by atoms with Crippen LogP contribution in [0.4, 0.5) is 5.69 Å². The van der Waals surface area contributed by atoms with E-state index in [0.29, 0.717) is 6.54 Å². The van der Waals surface area contributed by atoms with Crippen molar-refractivity contribution in [1.82, 2.24) is 4.90 Å². The average Bonchev–Trinajstić information content (AvgIpc) is 3.11. The van der Waals surface area contributed by atoms with E-state index in [2.05, 4.69) is 22.3 Å². The van der Waals surface area contributed by atoms with E-state index >= 15 is 0 Å². The molecule has 2 aliphatic rings. The molecule has 2 atom stereocenters. The minimum atomic E-state index is -0.375. The van der Waals surface area contributed by atoms with Gasteiger partial charge in [-0.05, 0) is 37.0 Å². The topological polar surface area (TPSA) is 76.8 Å². The first kappa shape index (κ1) is 17.4. The number of nitrogens with two attached hydrogens (primary N) is 1. The second-order valence-electron chi connectivity index (χ2n) is 6.45. The van der Waals surface area contributed by atoms with Gasteiger partial charge in [-0.25, -0.2) is 0 Å². The Morgan fingerprint density at radius 1 is 1.21 bits per heavy atom. The molecule has 132 valence electrons. The predicted octanol–water partition coefficient (Wildman–Crippen LogP) is 1.01. The Hall–Kier alpha value is -1.47. The van der Waals surface area contributed by atoms with E-state index in [1.54, 1.807) is 0 Å². The number of carbonyl (C=O) groups is 1. The van der Waals surface area contributed by atoms with E-state index in [0.717, 1.165) is 57.8 Å². The summed E-state index contributed by atoms with van der Waals surface area (Å²) in [4.78, 5) is 14.6. The Kier molecular flexibility index (Phi) is 6.20. The van der Waals surface area contributed by atoms with Crippen LogP contribution in [0.15, 0.2) is 24.3 Å². The van der Waals surface area contributed by atoms with Crippen molar-refractivity contribution >= 4 is 11.6 Å². The zero-order valence-corrected chi connectivity index (χ0v) is 14.1. The van der Waals surface area contributed by atoms with E-state index < -0.39 is 0 Å². The average molecular weight is 333 g/mol. The molecule has 0 radical (unpaired) electrons. The number of amides is 1. The highest BCUT2D eigenvalue weighted by atomic mass is 16.5. The summed E-state index contributed by atoms with van der Waals surface area (Å²) in [5, 5.41) is 2.93. The lowest BCUT2D eigenvalue weighted by atomic mass is 10.1. The molecule has 0 unspecified atom stereocenters. The van der Waals surface area contributed by atoms with E-state index in [4.69, 9.17) is 15.2 Å². The van der Waals surface area contributed by atoms with Gasteiger partial charge in [-0.2, -0.15) is 0 Å². The molecule has 2 fully saturated rings. The number of carbonyl (C=O) groups excluding carboxylic acids is 1. The molecule has 1 aromatic rings. The number of morpholine rings is 1. The Balaban J connectivity index is 1.44. The molecule has 1 aromatic carbocycles. The minimum Gasteiger partial charge on any atom is -0.379 e. The Labute approximate surface area is 143 Å². The molecule has 0 bridgehead atoms. The Morgan fingerprint density at radius 2 is 1.96 bits per heavy atom. The molecule has 2 heterocycles. The molecule has 6 heteroatoms. The summed E-state index contributed by atoms with van der Waals surface area (Å²) in [6.07, 6.45) is 2.25. The van der Waals surface area contributed by atoms with E-state index in [1.807, 2.05) is 12.1 Å². The lowest BCUT2D eigenvalue weighted by Crippen LogP contribution is -2.37. The van der Waals surface area contributed by atoms with Crippen molar-refractivity contribution in [2.45, 2.75) is 31.5 Å². The van der Waals surface area contributed by atoms with Crippen LogP contribution in [0.5, 0.6) is 0 Å². The molecule has 3 rings (SSSR count). The van der Waals surface area contributed by atoms with Crippen LogP contribution in [-0.2, 0) is 20.7 Å². The Bertz CT molecular complexity index is 529. The van der Waals surface area contributed by atoms with E-state index in [-0.39, 0.29) is 18.1 Å². The number of nitrogens with one attached hydrogen (secondary N) is 1. The predicted molar refractivity (Wildman–Crippen MR) is 93.0 cm³/mol. The van der Waals surface area contributed by atoms with E-state index in [1.165, 1.54) is 5.56 Å². The number of benzene rings is 1. The molecule has 3 N–H and O–H groups in total. The highest BCUT2D eigenvalue weighted by Gasteiger charge is 2.29. The SMILES string of the molecule is NC[C@H]1CC[C@@H](C(=O)Nc2ccc(CCN3CCOCC3)cc2)O1. The molecule has 2 aliphatic heterocycles. The molecule has 2 saturated heterocycles. The standard InChI is InChI=1S/C18H27N3O3/c19-13-16-5-6-17(24-16)18(22)20-15-3-1-14(2-4-15)7-8-21-9-11-23-12-10-21/h1-4,16-17H,5-13,19H2,(H,20,22)/t16-,17+/m1/s1. The third-order valence-corrected chi connectivity index (χ3v) is 4.70. The maximum absolute atomic E-state index is 12.2. The van der Waals surface area contributed by atoms with Gasteiger partial charge in [0.2, 0.25) is 0 Å². The van der Waals surface area contributed by atoms with Crippen LogP contribution < -0.4 is 11.1 Å². The number of hydrogen-bond donors (Lipinski definition) is 2. The molecular formula is C18H27N3O3. The highest BCUT2D eigenvalue weighted by Crippen LogP contribution is 2.20. The Morgan fingerprint density at radius 3 is 2.62 bits per heavy atom. The van der Waals surface area contributed by atoms with Crippen molar-refractivity contribution in [1.29, 1.82) is 0 Å². The molecule has 0 spiro atoms. The van der Waals surface area contributed by atoms with Crippen molar-refractivity contribution in [3.8, 4) is 0 Å². The highest BCUT2D eigenvalue weighted by molar-refractivity contribution is 5.94. The van der Waals surface area contributed by atoms with Crippen molar-refractivity contribution < 1.29 is 14.3 Å². The molecule has 1 amide bonds. The van der Waals surface area contributed by atoms with Crippen LogP contribution in [0.25, 0.3) is 0 Å². The summed E-state index contributed by atoms with van der Waals surface area (Å²) < 4.78 is 11.0. The third-order valence-electron chi connectivity index (χ3n) is 4.70. The number of rotatable bonds is 6. The van der Waals surface area contributed by atoms with Gasteiger partial charge in [0, 0.05) is 31.9 Å². The first-order chi connectivity index (χ1) is 11.7. The van der Waals surface area contributed by atoms with Gasteiger partial charge in [-0.1, -0.05) is 12.1 Å². The fourth-order valence-electron chi connectivity index (χ4n) is 3.16. The van der Waals surface area contributed by atoms with Gasteiger partial charge in [0.1, 0.15) is 6.10 Å². The molecule has 0 aliphatic carbocycles. The van der Waals surface area contributed by atoms with Crippen LogP contribution in [0.2, 0.25) is 0 Å². The molecule has 6 nitrogen and oxygen atoms in total. The largest absolute Gasteiger partial charge is 0.379 e. The van der Waals surface area contributed by atoms with E-state index in [9.17, 15) is 4.79 Å². The second-order valence-corrected chi connectivity index (χ2v) is 6.45. The lowest BCUT2D eigenvalue weighted by Gasteiger charge is -2.26. The summed E-state index contributed by atoms with van der Waals surface area (Å²) in [6, 6.07) is 8.08. The van der Waals surface area contributed by atoms with Crippen LogP contribution >= 0.6 is 0 Å². The van der Waals surface area contributed by atoms with Gasteiger partial charge in [-0.3, -0.25) is 9.69 Å². The quantitative estimate of drug-likeness (QED) is 0.812. The first-order valence-electron chi connectivity index (χ1n) is 8.80. The van der Waals surface area contributed by atoms with Crippen LogP contribution in [0.3, 0.4) is 0 Å². The maximum Gasteiger partial charge on any atom is 0.253 e. The van der Waals surface area contributed by atoms with Gasteiger partial charge >= 0.3 is 0 Å². The normalized spacial score (nSPS) is 24.9. The number of ether oxygens (including phenoxy) is 2. The van der Waals surface area contributed by atoms with Gasteiger partial charge < -0.3 is 20.5 Å². The zero-order valence-electron chi connectivity index (χ0n) is 14.1. The molecule has 24 heavy (non-hydrogen) atoms. The molecule has 0 saturated carbocycles. The van der Waals surface area contributed by atoms with Gasteiger partial charge in [-0.15, -0.1) is 0 Å². The van der Waals surface area contributed by atoms with Gasteiger partial charge in [0.15, 0.2) is 0 Å². The van der Waals surface area contributed by atoms with Crippen LogP contribution in [-0.4, -0.2) is 62.4 Å². The van der Waals surface area contributed by atoms with Crippen molar-refractivity contribution in [2.75, 3.05) is 44.7 Å². The summed E-state index contributed by atoms with van der Waals surface area (Å²) >= 11 is 0. The van der Waals surface area contributed by atoms with Gasteiger partial charge in [0.25, 0.3) is 5.91 Å². The van der Waals surface area contributed by atoms with Crippen molar-refractivity contribution in [3.05, 3.63) is 29.8 Å². The third kappa shape index (κ3) is 4.77. The van der Waals surface area contributed by atoms with Crippen LogP contribution in [0, 0.1) is 0 Å². The second kappa shape index (κ2) is 8.58. The first-order valence-corrected chi connectivity index (χ1v) is 8.80. The summed E-state index contributed by atoms with van der Waals surface area (Å²) in [6.45, 7) is 5.21. The van der Waals surface area contributed by atoms with Crippen molar-refractivity contribution in [2.24, 2.45) is 5.73 Å². The fourth-order valence-corrected chi connectivity index (χ4v) is 3.16. The monoisotopic (exact) mass is 333 g/mol. The zero-order chi connectivity index (χ0) is 16.8. The van der Waals surface area contributed by atoms with Crippen molar-refractivity contribution in [3.63, 3.8) is 0 Å². The molecule has 0 aromatic heterocycles. The van der Waals surface area contributed by atoms with Gasteiger partial charge in [0.05, 0.1) is 19.3 Å². The van der Waals surface area contributed by atoms with Crippen LogP contribution in [0.1, 0.15) is 18.4 Å². The fraction of sp³-hybridized carbons (Fsp3) is 0.611. The lowest BCUT2D eigenvalue weighted by molar-refractivity contribution is -0.126. The smallest absolute Gasteiger partial charge is 0.253 e. The maximum atomic E-state index is 12.2. The minimum absolute atomic E-state index is 0.0170.